The van der Waals surface area contributed by atoms with Crippen LogP contribution in [0, 0.1) is 0 Å². The van der Waals surface area contributed by atoms with Gasteiger partial charge in [-0.15, -0.1) is 0 Å². The molecule has 0 aromatic carbocycles. The van der Waals surface area contributed by atoms with Gasteiger partial charge in [-0.05, 0) is 12.8 Å². The van der Waals surface area contributed by atoms with E-state index in [1.807, 2.05) is 0 Å². The number of carbonyl (C=O) groups excluding carboxylic acids is 1. The van der Waals surface area contributed by atoms with Crippen molar-refractivity contribution in [2.24, 2.45) is 7.05 Å². The van der Waals surface area contributed by atoms with E-state index in [1.54, 1.807) is 11.9 Å². The van der Waals surface area contributed by atoms with Crippen LogP contribution in [0.25, 0.3) is 0 Å². The van der Waals surface area contributed by atoms with Crippen molar-refractivity contribution < 1.29 is 14.7 Å². The molecule has 18 heavy (non-hydrogen) atoms. The molecule has 1 saturated heterocycles. The summed E-state index contributed by atoms with van der Waals surface area (Å²) in [6, 6.07) is 1.34. The van der Waals surface area contributed by atoms with E-state index in [4.69, 9.17) is 5.11 Å². The molecular weight excluding hydrogens is 234 g/mol. The molecule has 2 heterocycles. The molecule has 2 rings (SSSR count). The van der Waals surface area contributed by atoms with Gasteiger partial charge in [0.1, 0.15) is 5.69 Å². The van der Waals surface area contributed by atoms with Crippen molar-refractivity contribution in [2.45, 2.75) is 25.7 Å². The Morgan fingerprint density at radius 3 is 2.33 bits per heavy atom. The van der Waals surface area contributed by atoms with Gasteiger partial charge in [0.05, 0.1) is 0 Å². The minimum atomic E-state index is -1.11. The number of nitrogens with zero attached hydrogens (tertiary/aromatic N) is 3. The van der Waals surface area contributed by atoms with Gasteiger partial charge in [-0.25, -0.2) is 4.79 Å². The lowest BCUT2D eigenvalue weighted by Gasteiger charge is -2.19. The SMILES string of the molecule is Cn1nc(C(=O)O)cc1C(=O)N1CCCCCC1. The Hall–Kier alpha value is -1.85. The van der Waals surface area contributed by atoms with Crippen molar-refractivity contribution in [1.82, 2.24) is 14.7 Å². The molecule has 0 unspecified atom stereocenters. The molecule has 1 fully saturated rings. The molecule has 0 atom stereocenters. The first-order valence-electron chi connectivity index (χ1n) is 6.16. The summed E-state index contributed by atoms with van der Waals surface area (Å²) in [6.45, 7) is 1.48. The number of carboxylic acids is 1. The molecule has 0 saturated carbocycles. The van der Waals surface area contributed by atoms with E-state index in [0.717, 1.165) is 38.8 Å². The van der Waals surface area contributed by atoms with Crippen LogP contribution in [0.5, 0.6) is 0 Å². The molecule has 0 aliphatic carbocycles. The summed E-state index contributed by atoms with van der Waals surface area (Å²) in [7, 11) is 1.59. The van der Waals surface area contributed by atoms with E-state index in [0.29, 0.717) is 5.69 Å². The van der Waals surface area contributed by atoms with Gasteiger partial charge < -0.3 is 10.0 Å². The number of carboxylic acid groups (broad SMARTS) is 1. The summed E-state index contributed by atoms with van der Waals surface area (Å²) in [4.78, 5) is 24.9. The average molecular weight is 251 g/mol. The number of amides is 1. The number of aromatic carboxylic acids is 1. The fourth-order valence-electron chi connectivity index (χ4n) is 2.21. The quantitative estimate of drug-likeness (QED) is 0.855. The summed E-state index contributed by atoms with van der Waals surface area (Å²) in [5.41, 5.74) is 0.255. The maximum absolute atomic E-state index is 12.3. The number of carbonyl (C=O) groups is 2. The van der Waals surface area contributed by atoms with Gasteiger partial charge >= 0.3 is 5.97 Å². The highest BCUT2D eigenvalue weighted by Gasteiger charge is 2.22. The molecule has 1 N–H and O–H groups in total. The molecule has 1 amide bonds. The lowest BCUT2D eigenvalue weighted by molar-refractivity contribution is 0.0688. The highest BCUT2D eigenvalue weighted by atomic mass is 16.4. The molecule has 1 aromatic heterocycles. The second kappa shape index (κ2) is 5.20. The lowest BCUT2D eigenvalue weighted by Crippen LogP contribution is -2.33. The van der Waals surface area contributed by atoms with Gasteiger partial charge in [0.25, 0.3) is 5.91 Å². The van der Waals surface area contributed by atoms with Gasteiger partial charge in [-0.2, -0.15) is 5.10 Å². The first-order valence-corrected chi connectivity index (χ1v) is 6.16. The number of aromatic nitrogens is 2. The van der Waals surface area contributed by atoms with E-state index in [-0.39, 0.29) is 11.6 Å². The Morgan fingerprint density at radius 2 is 1.83 bits per heavy atom. The van der Waals surface area contributed by atoms with Crippen molar-refractivity contribution in [3.8, 4) is 0 Å². The van der Waals surface area contributed by atoms with Crippen molar-refractivity contribution in [3.63, 3.8) is 0 Å². The summed E-state index contributed by atoms with van der Waals surface area (Å²) >= 11 is 0. The van der Waals surface area contributed by atoms with Gasteiger partial charge in [0, 0.05) is 26.2 Å². The molecule has 0 bridgehead atoms. The first kappa shape index (κ1) is 12.6. The third-order valence-corrected chi connectivity index (χ3v) is 3.21. The lowest BCUT2D eigenvalue weighted by atomic mass is 10.2. The maximum Gasteiger partial charge on any atom is 0.356 e. The highest BCUT2D eigenvalue weighted by molar-refractivity contribution is 5.95. The van der Waals surface area contributed by atoms with E-state index >= 15 is 0 Å². The zero-order valence-electron chi connectivity index (χ0n) is 10.4. The molecule has 0 radical (unpaired) electrons. The maximum atomic E-state index is 12.3. The van der Waals surface area contributed by atoms with Crippen molar-refractivity contribution in [3.05, 3.63) is 17.5 Å². The molecule has 1 aliphatic rings. The first-order chi connectivity index (χ1) is 8.59. The Kier molecular flexibility index (Phi) is 3.64. The number of rotatable bonds is 2. The van der Waals surface area contributed by atoms with E-state index in [2.05, 4.69) is 5.10 Å². The molecule has 6 heteroatoms. The Morgan fingerprint density at radius 1 is 1.22 bits per heavy atom. The minimum absolute atomic E-state index is 0.0873. The van der Waals surface area contributed by atoms with Crippen molar-refractivity contribution in [1.29, 1.82) is 0 Å². The predicted octanol–water partition coefficient (Wildman–Crippen LogP) is 1.13. The van der Waals surface area contributed by atoms with Crippen molar-refractivity contribution in [2.75, 3.05) is 13.1 Å². The van der Waals surface area contributed by atoms with Crippen LogP contribution in [-0.2, 0) is 7.05 Å². The molecule has 98 valence electrons. The summed E-state index contributed by atoms with van der Waals surface area (Å²) in [5, 5.41) is 12.7. The minimum Gasteiger partial charge on any atom is -0.476 e. The highest BCUT2D eigenvalue weighted by Crippen LogP contribution is 2.14. The van der Waals surface area contributed by atoms with E-state index < -0.39 is 5.97 Å². The number of hydrogen-bond acceptors (Lipinski definition) is 3. The zero-order valence-corrected chi connectivity index (χ0v) is 10.4. The zero-order chi connectivity index (χ0) is 13.1. The van der Waals surface area contributed by atoms with Crippen LogP contribution in [0.15, 0.2) is 6.07 Å². The van der Waals surface area contributed by atoms with Gasteiger partial charge in [0.15, 0.2) is 5.69 Å². The Balaban J connectivity index is 2.19. The van der Waals surface area contributed by atoms with Crippen LogP contribution < -0.4 is 0 Å². The van der Waals surface area contributed by atoms with Crippen LogP contribution in [0.1, 0.15) is 46.7 Å². The monoisotopic (exact) mass is 251 g/mol. The molecular formula is C12H17N3O3. The molecule has 1 aliphatic heterocycles. The Bertz CT molecular complexity index is 459. The topological polar surface area (TPSA) is 75.4 Å². The van der Waals surface area contributed by atoms with E-state index in [9.17, 15) is 9.59 Å². The second-order valence-corrected chi connectivity index (χ2v) is 4.55. The molecule has 0 spiro atoms. The summed E-state index contributed by atoms with van der Waals surface area (Å²) in [5.74, 6) is -1.24. The third-order valence-electron chi connectivity index (χ3n) is 3.21. The molecule has 6 nitrogen and oxygen atoms in total. The molecule has 1 aromatic rings. The number of likely N-dealkylation sites (tertiary alicyclic amines) is 1. The second-order valence-electron chi connectivity index (χ2n) is 4.55. The van der Waals surface area contributed by atoms with Gasteiger partial charge in [-0.1, -0.05) is 12.8 Å². The van der Waals surface area contributed by atoms with Crippen LogP contribution in [-0.4, -0.2) is 44.8 Å². The largest absolute Gasteiger partial charge is 0.476 e. The van der Waals surface area contributed by atoms with Crippen LogP contribution >= 0.6 is 0 Å². The van der Waals surface area contributed by atoms with Gasteiger partial charge in [0.2, 0.25) is 0 Å². The number of aryl methyl sites for hydroxylation is 1. The van der Waals surface area contributed by atoms with Crippen LogP contribution in [0.3, 0.4) is 0 Å². The standard InChI is InChI=1S/C12H17N3O3/c1-14-10(8-9(13-14)12(17)18)11(16)15-6-4-2-3-5-7-15/h8H,2-7H2,1H3,(H,17,18). The summed E-state index contributed by atoms with van der Waals surface area (Å²) < 4.78 is 1.34. The van der Waals surface area contributed by atoms with Crippen LogP contribution in [0.2, 0.25) is 0 Å². The number of hydrogen-bond donors (Lipinski definition) is 1. The Labute approximate surface area is 105 Å². The van der Waals surface area contributed by atoms with Gasteiger partial charge in [-0.3, -0.25) is 9.48 Å². The fourth-order valence-corrected chi connectivity index (χ4v) is 2.21. The van der Waals surface area contributed by atoms with Crippen molar-refractivity contribution >= 4 is 11.9 Å². The summed E-state index contributed by atoms with van der Waals surface area (Å²) in [6.07, 6.45) is 4.32. The van der Waals surface area contributed by atoms with E-state index in [1.165, 1.54) is 10.7 Å². The van der Waals surface area contributed by atoms with Crippen LogP contribution in [0.4, 0.5) is 0 Å². The fraction of sp³-hybridized carbons (Fsp3) is 0.583. The smallest absolute Gasteiger partial charge is 0.356 e. The average Bonchev–Trinajstić information content (AvgIpc) is 2.57. The third kappa shape index (κ3) is 2.52. The normalized spacial score (nSPS) is 16.4. The predicted molar refractivity (Wildman–Crippen MR) is 64.5 cm³/mol.